The van der Waals surface area contributed by atoms with Crippen molar-refractivity contribution in [1.82, 2.24) is 4.90 Å². The minimum absolute atomic E-state index is 0.511. The number of hydrogen-bond acceptors (Lipinski definition) is 3. The lowest BCUT2D eigenvalue weighted by Gasteiger charge is -2.29. The number of benzene rings is 1. The number of methoxy groups -OCH3 is 1. The van der Waals surface area contributed by atoms with Gasteiger partial charge in [-0.3, -0.25) is 4.90 Å². The van der Waals surface area contributed by atoms with Crippen LogP contribution in [0.2, 0.25) is 5.02 Å². The maximum absolute atomic E-state index is 9.05. The maximum Gasteiger partial charge on any atom is 0.120 e. The zero-order chi connectivity index (χ0) is 13.1. The van der Waals surface area contributed by atoms with Crippen LogP contribution in [0.5, 0.6) is 5.75 Å². The van der Waals surface area contributed by atoms with Crippen LogP contribution in [-0.4, -0.2) is 24.6 Å². The van der Waals surface area contributed by atoms with Gasteiger partial charge in [-0.05, 0) is 38.6 Å². The van der Waals surface area contributed by atoms with E-state index >= 15 is 0 Å². The second kappa shape index (κ2) is 5.39. The highest BCUT2D eigenvalue weighted by Crippen LogP contribution is 2.25. The molecule has 0 heterocycles. The molecule has 0 fully saturated rings. The Morgan fingerprint density at radius 1 is 1.47 bits per heavy atom. The maximum atomic E-state index is 9.05. The number of halogens is 1. The molecule has 17 heavy (non-hydrogen) atoms. The summed E-state index contributed by atoms with van der Waals surface area (Å²) >= 11 is 6.16. The van der Waals surface area contributed by atoms with E-state index in [-0.39, 0.29) is 0 Å². The van der Waals surface area contributed by atoms with Gasteiger partial charge in [-0.2, -0.15) is 5.26 Å². The Morgan fingerprint density at radius 2 is 2.12 bits per heavy atom. The van der Waals surface area contributed by atoms with E-state index in [1.54, 1.807) is 13.2 Å². The predicted molar refractivity (Wildman–Crippen MR) is 69.2 cm³/mol. The molecule has 0 radical (unpaired) electrons. The summed E-state index contributed by atoms with van der Waals surface area (Å²) in [6, 6.07) is 7.83. The molecule has 0 aliphatic rings. The highest BCUT2D eigenvalue weighted by atomic mass is 35.5. The topological polar surface area (TPSA) is 36.3 Å². The van der Waals surface area contributed by atoms with Crippen LogP contribution in [0, 0.1) is 11.3 Å². The highest BCUT2D eigenvalue weighted by molar-refractivity contribution is 6.31. The molecule has 0 aliphatic carbocycles. The van der Waals surface area contributed by atoms with Crippen molar-refractivity contribution in [2.45, 2.75) is 25.9 Å². The smallest absolute Gasteiger partial charge is 0.120 e. The summed E-state index contributed by atoms with van der Waals surface area (Å²) in [5.74, 6) is 0.737. The molecule has 0 amide bonds. The van der Waals surface area contributed by atoms with Crippen LogP contribution in [0.15, 0.2) is 18.2 Å². The largest absolute Gasteiger partial charge is 0.497 e. The highest BCUT2D eigenvalue weighted by Gasteiger charge is 2.23. The van der Waals surface area contributed by atoms with Crippen LogP contribution in [0.1, 0.15) is 19.4 Å². The fourth-order valence-electron chi connectivity index (χ4n) is 1.32. The van der Waals surface area contributed by atoms with Gasteiger partial charge < -0.3 is 4.74 Å². The van der Waals surface area contributed by atoms with E-state index < -0.39 is 5.54 Å². The van der Waals surface area contributed by atoms with Gasteiger partial charge in [0, 0.05) is 11.6 Å². The van der Waals surface area contributed by atoms with Gasteiger partial charge in [-0.25, -0.2) is 0 Å². The molecule has 0 bridgehead atoms. The molecule has 1 aromatic carbocycles. The van der Waals surface area contributed by atoms with Gasteiger partial charge in [-0.1, -0.05) is 17.7 Å². The number of hydrogen-bond donors (Lipinski definition) is 0. The lowest BCUT2D eigenvalue weighted by molar-refractivity contribution is 0.203. The Kier molecular flexibility index (Phi) is 4.39. The van der Waals surface area contributed by atoms with Gasteiger partial charge in [0.05, 0.1) is 13.2 Å². The second-order valence-electron chi connectivity index (χ2n) is 4.48. The number of rotatable bonds is 4. The van der Waals surface area contributed by atoms with Crippen LogP contribution >= 0.6 is 11.6 Å². The molecule has 0 aromatic heterocycles. The van der Waals surface area contributed by atoms with Crippen molar-refractivity contribution in [3.63, 3.8) is 0 Å². The Morgan fingerprint density at radius 3 is 2.59 bits per heavy atom. The first kappa shape index (κ1) is 13.8. The summed E-state index contributed by atoms with van der Waals surface area (Å²) in [6.45, 7) is 4.39. The second-order valence-corrected chi connectivity index (χ2v) is 4.89. The molecule has 1 rings (SSSR count). The van der Waals surface area contributed by atoms with E-state index in [0.29, 0.717) is 11.6 Å². The Bertz CT molecular complexity index is 438. The molecule has 0 unspecified atom stereocenters. The van der Waals surface area contributed by atoms with Crippen LogP contribution < -0.4 is 4.74 Å². The lowest BCUT2D eigenvalue weighted by atomic mass is 10.0. The first-order valence-electron chi connectivity index (χ1n) is 5.35. The van der Waals surface area contributed by atoms with E-state index in [2.05, 4.69) is 6.07 Å². The van der Waals surface area contributed by atoms with Crippen molar-refractivity contribution >= 4 is 11.6 Å². The molecule has 0 spiro atoms. The molecule has 0 saturated carbocycles. The first-order valence-corrected chi connectivity index (χ1v) is 5.73. The van der Waals surface area contributed by atoms with E-state index in [4.69, 9.17) is 21.6 Å². The monoisotopic (exact) mass is 252 g/mol. The third-order valence-electron chi connectivity index (χ3n) is 2.90. The molecule has 0 saturated heterocycles. The molecule has 92 valence electrons. The molecule has 4 heteroatoms. The van der Waals surface area contributed by atoms with Crippen molar-refractivity contribution in [3.05, 3.63) is 28.8 Å². The van der Waals surface area contributed by atoms with E-state index in [1.165, 1.54) is 0 Å². The van der Waals surface area contributed by atoms with Gasteiger partial charge in [0.1, 0.15) is 11.3 Å². The van der Waals surface area contributed by atoms with Crippen LogP contribution in [0.25, 0.3) is 0 Å². The lowest BCUT2D eigenvalue weighted by Crippen LogP contribution is -2.39. The predicted octanol–water partition coefficient (Wildman–Crippen LogP) is 3.08. The van der Waals surface area contributed by atoms with Gasteiger partial charge >= 0.3 is 0 Å². The third-order valence-corrected chi connectivity index (χ3v) is 3.25. The molecular formula is C13H17ClN2O. The normalized spacial score (nSPS) is 11.4. The Balaban J connectivity index is 2.86. The zero-order valence-electron chi connectivity index (χ0n) is 10.6. The van der Waals surface area contributed by atoms with E-state index in [9.17, 15) is 0 Å². The van der Waals surface area contributed by atoms with Crippen LogP contribution in [-0.2, 0) is 6.54 Å². The van der Waals surface area contributed by atoms with Crippen molar-refractivity contribution < 1.29 is 4.74 Å². The molecule has 0 N–H and O–H groups in total. The quantitative estimate of drug-likeness (QED) is 0.826. The number of nitriles is 1. The van der Waals surface area contributed by atoms with E-state index in [0.717, 1.165) is 11.3 Å². The van der Waals surface area contributed by atoms with Gasteiger partial charge in [0.25, 0.3) is 0 Å². The minimum Gasteiger partial charge on any atom is -0.497 e. The third kappa shape index (κ3) is 3.36. The average molecular weight is 253 g/mol. The van der Waals surface area contributed by atoms with Gasteiger partial charge in [-0.15, -0.1) is 0 Å². The molecule has 1 aromatic rings. The standard InChI is InChI=1S/C13H17ClN2O/c1-13(2,9-15)16(3)8-10-5-6-11(17-4)7-12(10)14/h5-7H,8H2,1-4H3. The summed E-state index contributed by atoms with van der Waals surface area (Å²) in [6.07, 6.45) is 0. The van der Waals surface area contributed by atoms with Crippen molar-refractivity contribution in [2.75, 3.05) is 14.2 Å². The van der Waals surface area contributed by atoms with Crippen LogP contribution in [0.3, 0.4) is 0 Å². The summed E-state index contributed by atoms with van der Waals surface area (Å²) in [5, 5.41) is 9.71. The summed E-state index contributed by atoms with van der Waals surface area (Å²) in [7, 11) is 3.51. The summed E-state index contributed by atoms with van der Waals surface area (Å²) in [5.41, 5.74) is 0.474. The fourth-order valence-corrected chi connectivity index (χ4v) is 1.55. The molecule has 0 atom stereocenters. The van der Waals surface area contributed by atoms with Crippen molar-refractivity contribution in [1.29, 1.82) is 5.26 Å². The zero-order valence-corrected chi connectivity index (χ0v) is 11.4. The van der Waals surface area contributed by atoms with Gasteiger partial charge in [0.15, 0.2) is 0 Å². The average Bonchev–Trinajstić information content (AvgIpc) is 2.31. The molecule has 0 aliphatic heterocycles. The first-order chi connectivity index (χ1) is 7.90. The SMILES string of the molecule is COc1ccc(CN(C)C(C)(C)C#N)c(Cl)c1. The summed E-state index contributed by atoms with van der Waals surface area (Å²) in [4.78, 5) is 1.96. The van der Waals surface area contributed by atoms with Gasteiger partial charge in [0.2, 0.25) is 0 Å². The molecule has 3 nitrogen and oxygen atoms in total. The molecular weight excluding hydrogens is 236 g/mol. The number of ether oxygens (including phenoxy) is 1. The summed E-state index contributed by atoms with van der Waals surface area (Å²) < 4.78 is 5.09. The Labute approximate surface area is 108 Å². The fraction of sp³-hybridized carbons (Fsp3) is 0.462. The van der Waals surface area contributed by atoms with E-state index in [1.807, 2.05) is 37.9 Å². The minimum atomic E-state index is -0.511. The van der Waals surface area contributed by atoms with Crippen molar-refractivity contribution in [2.24, 2.45) is 0 Å². The van der Waals surface area contributed by atoms with Crippen molar-refractivity contribution in [3.8, 4) is 11.8 Å². The number of nitrogens with zero attached hydrogens (tertiary/aromatic N) is 2. The Hall–Kier alpha value is -1.24. The van der Waals surface area contributed by atoms with Crippen LogP contribution in [0.4, 0.5) is 0 Å².